The fraction of sp³-hybridized carbons (Fsp3) is 0.700. The Kier molecular flexibility index (Phi) is 3.03. The zero-order valence-electron chi connectivity index (χ0n) is 8.38. The fourth-order valence-corrected chi connectivity index (χ4v) is 1.90. The second kappa shape index (κ2) is 4.46. The predicted octanol–water partition coefficient (Wildman–Crippen LogP) is 0.321. The predicted molar refractivity (Wildman–Crippen MR) is 55.2 cm³/mol. The van der Waals surface area contributed by atoms with Gasteiger partial charge in [0.2, 0.25) is 0 Å². The maximum absolute atomic E-state index is 11.2. The van der Waals surface area contributed by atoms with Crippen molar-refractivity contribution in [3.63, 3.8) is 0 Å². The molecule has 2 amide bonds. The van der Waals surface area contributed by atoms with E-state index in [9.17, 15) is 4.79 Å². The first-order valence-electron chi connectivity index (χ1n) is 5.27. The number of carbonyl (C=O) groups excluding carboxylic acids is 1. The summed E-state index contributed by atoms with van der Waals surface area (Å²) in [5.41, 5.74) is 1.49. The molecule has 2 aliphatic rings. The first-order valence-corrected chi connectivity index (χ1v) is 5.27. The smallest absolute Gasteiger partial charge is 0.317 e. The molecule has 2 aliphatic heterocycles. The van der Waals surface area contributed by atoms with Gasteiger partial charge in [-0.2, -0.15) is 0 Å². The molecular weight excluding hydrogens is 178 g/mol. The van der Waals surface area contributed by atoms with Crippen molar-refractivity contribution in [2.75, 3.05) is 32.7 Å². The van der Waals surface area contributed by atoms with Crippen LogP contribution in [-0.2, 0) is 0 Å². The first kappa shape index (κ1) is 9.52. The van der Waals surface area contributed by atoms with E-state index in [0.29, 0.717) is 0 Å². The Morgan fingerprint density at radius 2 is 2.36 bits per heavy atom. The van der Waals surface area contributed by atoms with Gasteiger partial charge in [-0.1, -0.05) is 11.6 Å². The van der Waals surface area contributed by atoms with E-state index in [1.807, 2.05) is 4.90 Å². The van der Waals surface area contributed by atoms with Crippen molar-refractivity contribution in [1.29, 1.82) is 0 Å². The third kappa shape index (κ3) is 2.26. The van der Waals surface area contributed by atoms with Crippen molar-refractivity contribution < 1.29 is 4.79 Å². The van der Waals surface area contributed by atoms with Crippen molar-refractivity contribution in [3.8, 4) is 0 Å². The summed E-state index contributed by atoms with van der Waals surface area (Å²) < 4.78 is 0. The van der Waals surface area contributed by atoms with Crippen LogP contribution in [0, 0.1) is 0 Å². The van der Waals surface area contributed by atoms with Gasteiger partial charge in [-0.05, 0) is 19.4 Å². The molecule has 0 radical (unpaired) electrons. The molecule has 1 fully saturated rings. The largest absolute Gasteiger partial charge is 0.336 e. The van der Waals surface area contributed by atoms with E-state index in [1.54, 1.807) is 0 Å². The number of nitrogens with zero attached hydrogens (tertiary/aromatic N) is 1. The second-order valence-corrected chi connectivity index (χ2v) is 3.79. The van der Waals surface area contributed by atoms with Gasteiger partial charge in [0.1, 0.15) is 0 Å². The van der Waals surface area contributed by atoms with E-state index in [1.165, 1.54) is 5.57 Å². The molecule has 0 aromatic carbocycles. The quantitative estimate of drug-likeness (QED) is 0.637. The van der Waals surface area contributed by atoms with Crippen LogP contribution < -0.4 is 10.6 Å². The van der Waals surface area contributed by atoms with Crippen LogP contribution in [0.3, 0.4) is 0 Å². The zero-order chi connectivity index (χ0) is 9.80. The Hall–Kier alpha value is -1.03. The molecule has 0 aliphatic carbocycles. The molecule has 1 saturated heterocycles. The molecule has 0 bridgehead atoms. The number of urea groups is 1. The monoisotopic (exact) mass is 195 g/mol. The van der Waals surface area contributed by atoms with Crippen molar-refractivity contribution >= 4 is 6.03 Å². The standard InChI is InChI=1S/C10H17N3O/c14-10-12-6-8-13(10)7-3-9-1-4-11-5-2-9/h1,11H,2-8H2,(H,12,14). The van der Waals surface area contributed by atoms with E-state index >= 15 is 0 Å². The lowest BCUT2D eigenvalue weighted by atomic mass is 10.1. The van der Waals surface area contributed by atoms with Gasteiger partial charge in [0, 0.05) is 26.2 Å². The molecular formula is C10H17N3O. The van der Waals surface area contributed by atoms with Gasteiger partial charge in [-0.3, -0.25) is 0 Å². The summed E-state index contributed by atoms with van der Waals surface area (Å²) in [6, 6.07) is 0.0968. The highest BCUT2D eigenvalue weighted by Gasteiger charge is 2.18. The van der Waals surface area contributed by atoms with E-state index in [2.05, 4.69) is 16.7 Å². The third-order valence-corrected chi connectivity index (χ3v) is 2.81. The fourth-order valence-electron chi connectivity index (χ4n) is 1.90. The molecule has 2 rings (SSSR count). The van der Waals surface area contributed by atoms with Crippen LogP contribution in [0.1, 0.15) is 12.8 Å². The van der Waals surface area contributed by atoms with Crippen LogP contribution >= 0.6 is 0 Å². The minimum Gasteiger partial charge on any atom is -0.336 e. The molecule has 0 aromatic rings. The Morgan fingerprint density at radius 3 is 3.00 bits per heavy atom. The van der Waals surface area contributed by atoms with Gasteiger partial charge < -0.3 is 15.5 Å². The highest BCUT2D eigenvalue weighted by molar-refractivity contribution is 5.76. The lowest BCUT2D eigenvalue weighted by Crippen LogP contribution is -2.30. The molecule has 0 spiro atoms. The number of amides is 2. The number of carbonyl (C=O) groups is 1. The van der Waals surface area contributed by atoms with Crippen LogP contribution in [0.4, 0.5) is 4.79 Å². The molecule has 4 nitrogen and oxygen atoms in total. The second-order valence-electron chi connectivity index (χ2n) is 3.79. The number of hydrogen-bond acceptors (Lipinski definition) is 2. The molecule has 2 heterocycles. The summed E-state index contributed by atoms with van der Waals surface area (Å²) in [4.78, 5) is 13.1. The van der Waals surface area contributed by atoms with Crippen molar-refractivity contribution in [3.05, 3.63) is 11.6 Å². The van der Waals surface area contributed by atoms with Crippen LogP contribution in [0.25, 0.3) is 0 Å². The highest BCUT2D eigenvalue weighted by atomic mass is 16.2. The minimum atomic E-state index is 0.0968. The maximum atomic E-state index is 11.2. The molecule has 0 aromatic heterocycles. The van der Waals surface area contributed by atoms with Gasteiger partial charge in [-0.25, -0.2) is 4.79 Å². The van der Waals surface area contributed by atoms with Crippen LogP contribution in [-0.4, -0.2) is 43.7 Å². The Labute approximate surface area is 84.3 Å². The van der Waals surface area contributed by atoms with Crippen LogP contribution in [0.15, 0.2) is 11.6 Å². The van der Waals surface area contributed by atoms with E-state index in [4.69, 9.17) is 0 Å². The Balaban J connectivity index is 1.76. The number of hydrogen-bond donors (Lipinski definition) is 2. The number of nitrogens with one attached hydrogen (secondary N) is 2. The van der Waals surface area contributed by atoms with Crippen molar-refractivity contribution in [1.82, 2.24) is 15.5 Å². The third-order valence-electron chi connectivity index (χ3n) is 2.81. The molecule has 0 unspecified atom stereocenters. The van der Waals surface area contributed by atoms with Gasteiger partial charge in [0.15, 0.2) is 0 Å². The number of rotatable bonds is 3. The summed E-state index contributed by atoms with van der Waals surface area (Å²) in [6.07, 6.45) is 4.42. The Bertz CT molecular complexity index is 250. The highest BCUT2D eigenvalue weighted by Crippen LogP contribution is 2.10. The van der Waals surface area contributed by atoms with Crippen LogP contribution in [0.2, 0.25) is 0 Å². The average Bonchev–Trinajstić information content (AvgIpc) is 2.63. The average molecular weight is 195 g/mol. The first-order chi connectivity index (χ1) is 6.86. The van der Waals surface area contributed by atoms with Crippen molar-refractivity contribution in [2.24, 2.45) is 0 Å². The molecule has 0 saturated carbocycles. The van der Waals surface area contributed by atoms with E-state index < -0.39 is 0 Å². The van der Waals surface area contributed by atoms with E-state index in [0.717, 1.165) is 45.6 Å². The van der Waals surface area contributed by atoms with Gasteiger partial charge in [-0.15, -0.1) is 0 Å². The topological polar surface area (TPSA) is 44.4 Å². The molecule has 2 N–H and O–H groups in total. The molecule has 4 heteroatoms. The lowest BCUT2D eigenvalue weighted by molar-refractivity contribution is 0.218. The SMILES string of the molecule is O=C1NCCN1CCC1=CCNCC1. The normalized spacial score (nSPS) is 22.1. The lowest BCUT2D eigenvalue weighted by Gasteiger charge is -2.18. The summed E-state index contributed by atoms with van der Waals surface area (Å²) >= 11 is 0. The summed E-state index contributed by atoms with van der Waals surface area (Å²) in [6.45, 7) is 4.61. The zero-order valence-corrected chi connectivity index (χ0v) is 8.38. The summed E-state index contributed by atoms with van der Waals surface area (Å²) in [5, 5.41) is 6.09. The van der Waals surface area contributed by atoms with Crippen LogP contribution in [0.5, 0.6) is 0 Å². The molecule has 14 heavy (non-hydrogen) atoms. The summed E-state index contributed by atoms with van der Waals surface area (Å²) in [7, 11) is 0. The van der Waals surface area contributed by atoms with Gasteiger partial charge >= 0.3 is 6.03 Å². The summed E-state index contributed by atoms with van der Waals surface area (Å²) in [5.74, 6) is 0. The van der Waals surface area contributed by atoms with Gasteiger partial charge in [0.25, 0.3) is 0 Å². The van der Waals surface area contributed by atoms with Crippen molar-refractivity contribution in [2.45, 2.75) is 12.8 Å². The van der Waals surface area contributed by atoms with Gasteiger partial charge in [0.05, 0.1) is 0 Å². The molecule has 0 atom stereocenters. The Morgan fingerprint density at radius 1 is 1.43 bits per heavy atom. The van der Waals surface area contributed by atoms with E-state index in [-0.39, 0.29) is 6.03 Å². The molecule has 78 valence electrons. The maximum Gasteiger partial charge on any atom is 0.317 e. The minimum absolute atomic E-state index is 0.0968.